The van der Waals surface area contributed by atoms with E-state index >= 15 is 0 Å². The number of aliphatic hydroxyl groups excluding tert-OH is 2. The van der Waals surface area contributed by atoms with Gasteiger partial charge in [0.05, 0.1) is 18.1 Å². The third-order valence-electron chi connectivity index (χ3n) is 2.91. The van der Waals surface area contributed by atoms with Crippen LogP contribution in [0.3, 0.4) is 0 Å². The number of hydrogen-bond acceptors (Lipinski definition) is 7. The maximum atomic E-state index is 12.1. The maximum Gasteiger partial charge on any atom is 0.294 e. The molecule has 0 aliphatic rings. The smallest absolute Gasteiger partial charge is 0.294 e. The Morgan fingerprint density at radius 1 is 1.21 bits per heavy atom. The van der Waals surface area contributed by atoms with E-state index < -0.39 is 16.0 Å². The molecule has 1 aromatic rings. The van der Waals surface area contributed by atoms with Crippen molar-refractivity contribution in [2.24, 2.45) is 0 Å². The second-order valence-corrected chi connectivity index (χ2v) is 5.97. The van der Waals surface area contributed by atoms with Gasteiger partial charge in [0, 0.05) is 25.0 Å². The van der Waals surface area contributed by atoms with Gasteiger partial charge in [-0.25, -0.2) is 0 Å². The van der Waals surface area contributed by atoms with E-state index in [0.717, 1.165) is 23.2 Å². The fourth-order valence-corrected chi connectivity index (χ4v) is 2.23. The number of hydrogen-bond donors (Lipinski definition) is 4. The molecule has 0 heterocycles. The van der Waals surface area contributed by atoms with Gasteiger partial charge in [-0.2, -0.15) is 13.7 Å². The summed E-state index contributed by atoms with van der Waals surface area (Å²) in [6, 6.07) is 6.72. The van der Waals surface area contributed by atoms with Crippen LogP contribution in [0.4, 0.5) is 5.69 Å². The molecule has 0 aliphatic heterocycles. The second-order valence-electron chi connectivity index (χ2n) is 4.55. The van der Waals surface area contributed by atoms with Gasteiger partial charge in [-0.1, -0.05) is 0 Å². The van der Waals surface area contributed by atoms with Crippen molar-refractivity contribution in [3.63, 3.8) is 0 Å². The van der Waals surface area contributed by atoms with E-state index in [2.05, 4.69) is 5.32 Å². The van der Waals surface area contributed by atoms with Crippen LogP contribution in [0, 0.1) is 11.3 Å². The predicted octanol–water partition coefficient (Wildman–Crippen LogP) is -0.434. The van der Waals surface area contributed by atoms with Crippen molar-refractivity contribution in [3.8, 4) is 6.07 Å². The molecule has 130 valence electrons. The van der Waals surface area contributed by atoms with Crippen molar-refractivity contribution in [2.45, 2.75) is 4.90 Å². The number of carbonyl (C=O) groups excluding carboxylic acids is 1. The van der Waals surface area contributed by atoms with E-state index in [1.165, 1.54) is 12.1 Å². The van der Waals surface area contributed by atoms with Gasteiger partial charge in [0.1, 0.15) is 11.6 Å². The lowest BCUT2D eigenvalue weighted by atomic mass is 10.2. The normalized spacial score (nSPS) is 11.7. The molecule has 0 bridgehead atoms. The fraction of sp³-hybridized carbons (Fsp3) is 0.286. The minimum Gasteiger partial charge on any atom is -0.395 e. The second kappa shape index (κ2) is 8.99. The van der Waals surface area contributed by atoms with Gasteiger partial charge in [-0.3, -0.25) is 9.35 Å². The summed E-state index contributed by atoms with van der Waals surface area (Å²) >= 11 is 0. The first-order valence-electron chi connectivity index (χ1n) is 6.78. The van der Waals surface area contributed by atoms with E-state index in [9.17, 15) is 13.2 Å². The Morgan fingerprint density at radius 2 is 1.75 bits per heavy atom. The Bertz CT molecular complexity index is 731. The molecule has 1 amide bonds. The Morgan fingerprint density at radius 3 is 2.17 bits per heavy atom. The quantitative estimate of drug-likeness (QED) is 0.278. The Kier molecular flexibility index (Phi) is 7.34. The molecule has 4 N–H and O–H groups in total. The van der Waals surface area contributed by atoms with E-state index in [1.807, 2.05) is 0 Å². The van der Waals surface area contributed by atoms with Crippen molar-refractivity contribution in [2.75, 3.05) is 31.6 Å². The van der Waals surface area contributed by atoms with Gasteiger partial charge in [0.25, 0.3) is 16.0 Å². The molecule has 1 aromatic carbocycles. The summed E-state index contributed by atoms with van der Waals surface area (Å²) in [6.07, 6.45) is 1.13. The summed E-state index contributed by atoms with van der Waals surface area (Å²) in [4.78, 5) is 13.0. The Hall–Kier alpha value is -2.45. The molecule has 9 nitrogen and oxygen atoms in total. The van der Waals surface area contributed by atoms with Crippen LogP contribution in [-0.2, 0) is 14.9 Å². The zero-order valence-electron chi connectivity index (χ0n) is 12.6. The molecule has 10 heteroatoms. The number of amides is 1. The molecule has 0 unspecified atom stereocenters. The van der Waals surface area contributed by atoms with E-state index in [0.29, 0.717) is 5.69 Å². The van der Waals surface area contributed by atoms with Crippen LogP contribution < -0.4 is 5.32 Å². The molecule has 0 aliphatic carbocycles. The highest BCUT2D eigenvalue weighted by Crippen LogP contribution is 2.14. The lowest BCUT2D eigenvalue weighted by molar-refractivity contribution is -0.127. The van der Waals surface area contributed by atoms with E-state index in [-0.39, 0.29) is 36.8 Å². The largest absolute Gasteiger partial charge is 0.395 e. The molecule has 1 rings (SSSR count). The third-order valence-corrected chi connectivity index (χ3v) is 3.78. The van der Waals surface area contributed by atoms with Crippen molar-refractivity contribution < 1.29 is 28.0 Å². The number of nitriles is 1. The number of carbonyl (C=O) groups is 1. The lowest BCUT2D eigenvalue weighted by Gasteiger charge is -2.20. The van der Waals surface area contributed by atoms with Crippen LogP contribution >= 0.6 is 0 Å². The highest BCUT2D eigenvalue weighted by Gasteiger charge is 2.17. The topological polar surface area (TPSA) is 151 Å². The molecule has 0 spiro atoms. The number of nitrogens with one attached hydrogen (secondary N) is 1. The van der Waals surface area contributed by atoms with Gasteiger partial charge in [0.2, 0.25) is 0 Å². The molecule has 0 atom stereocenters. The predicted molar refractivity (Wildman–Crippen MR) is 84.3 cm³/mol. The van der Waals surface area contributed by atoms with E-state index in [4.69, 9.17) is 20.0 Å². The van der Waals surface area contributed by atoms with Gasteiger partial charge in [-0.05, 0) is 24.3 Å². The zero-order chi connectivity index (χ0) is 18.2. The number of rotatable bonds is 8. The van der Waals surface area contributed by atoms with Crippen LogP contribution in [0.1, 0.15) is 0 Å². The average Bonchev–Trinajstić information content (AvgIpc) is 2.54. The highest BCUT2D eigenvalue weighted by atomic mass is 32.2. The molecule has 0 saturated heterocycles. The highest BCUT2D eigenvalue weighted by molar-refractivity contribution is 7.85. The maximum absolute atomic E-state index is 12.1. The first kappa shape index (κ1) is 19.6. The van der Waals surface area contributed by atoms with Crippen LogP contribution in [0.2, 0.25) is 0 Å². The Labute approximate surface area is 139 Å². The number of nitrogens with zero attached hydrogens (tertiary/aromatic N) is 2. The molecular weight excluding hydrogens is 338 g/mol. The van der Waals surface area contributed by atoms with Crippen LogP contribution in [0.15, 0.2) is 40.9 Å². The number of aliphatic hydroxyl groups is 2. The molecule has 0 saturated carbocycles. The van der Waals surface area contributed by atoms with Crippen LogP contribution in [0.5, 0.6) is 0 Å². The molecule has 24 heavy (non-hydrogen) atoms. The molecule has 0 aromatic heterocycles. The average molecular weight is 355 g/mol. The van der Waals surface area contributed by atoms with Crippen LogP contribution in [0.25, 0.3) is 0 Å². The van der Waals surface area contributed by atoms with Gasteiger partial charge >= 0.3 is 0 Å². The number of anilines is 1. The SMILES string of the molecule is N#C/C(=C/Nc1ccc(S(=O)(=O)O)cc1)C(=O)N(CCO)CCO. The Balaban J connectivity index is 2.89. The summed E-state index contributed by atoms with van der Waals surface area (Å²) in [6.45, 7) is -0.674. The monoisotopic (exact) mass is 355 g/mol. The van der Waals surface area contributed by atoms with Crippen molar-refractivity contribution >= 4 is 21.7 Å². The lowest BCUT2D eigenvalue weighted by Crippen LogP contribution is -2.36. The van der Waals surface area contributed by atoms with Gasteiger partial charge < -0.3 is 20.4 Å². The standard InChI is InChI=1S/C14H17N3O6S/c15-9-11(14(20)17(5-7-18)6-8-19)10-16-12-1-3-13(4-2-12)24(21,22)23/h1-4,10,16,18-19H,5-8H2,(H,21,22,23)/b11-10-. The summed E-state index contributed by atoms with van der Waals surface area (Å²) in [5.41, 5.74) is 0.134. The zero-order valence-corrected chi connectivity index (χ0v) is 13.4. The summed E-state index contributed by atoms with van der Waals surface area (Å²) in [7, 11) is -4.30. The first-order valence-corrected chi connectivity index (χ1v) is 8.23. The molecule has 0 radical (unpaired) electrons. The van der Waals surface area contributed by atoms with Crippen LogP contribution in [-0.4, -0.2) is 60.3 Å². The summed E-state index contributed by atoms with van der Waals surface area (Å²) in [5.74, 6) is -0.664. The minimum atomic E-state index is -4.30. The fourth-order valence-electron chi connectivity index (χ4n) is 1.75. The summed E-state index contributed by atoms with van der Waals surface area (Å²) < 4.78 is 30.7. The van der Waals surface area contributed by atoms with Gasteiger partial charge in [-0.15, -0.1) is 0 Å². The first-order chi connectivity index (χ1) is 11.3. The van der Waals surface area contributed by atoms with Crippen molar-refractivity contribution in [1.82, 2.24) is 4.90 Å². The van der Waals surface area contributed by atoms with Gasteiger partial charge in [0.15, 0.2) is 0 Å². The van der Waals surface area contributed by atoms with E-state index in [1.54, 1.807) is 6.07 Å². The third kappa shape index (κ3) is 5.64. The van der Waals surface area contributed by atoms with Crippen molar-refractivity contribution in [1.29, 1.82) is 5.26 Å². The minimum absolute atomic E-state index is 0.0263. The summed E-state index contributed by atoms with van der Waals surface area (Å²) in [5, 5.41) is 29.5. The van der Waals surface area contributed by atoms with Crippen molar-refractivity contribution in [3.05, 3.63) is 36.0 Å². The molecule has 0 fully saturated rings. The molecular formula is C14H17N3O6S. The number of benzene rings is 1.